The minimum absolute atomic E-state index is 0.167. The van der Waals surface area contributed by atoms with Gasteiger partial charge in [0, 0.05) is 17.6 Å². The van der Waals surface area contributed by atoms with Crippen LogP contribution in [0.1, 0.15) is 5.56 Å². The third-order valence-electron chi connectivity index (χ3n) is 4.96. The number of nitrogens with zero attached hydrogens (tertiary/aromatic N) is 1. The minimum atomic E-state index is -4.46. The lowest BCUT2D eigenvalue weighted by atomic mass is 10.0. The molecule has 0 atom stereocenters. The van der Waals surface area contributed by atoms with Crippen LogP contribution in [0.25, 0.3) is 27.7 Å². The van der Waals surface area contributed by atoms with Crippen LogP contribution in [0.15, 0.2) is 79.0 Å². The Balaban J connectivity index is 1.76. The molecule has 0 aliphatic rings. The summed E-state index contributed by atoms with van der Waals surface area (Å²) in [5.41, 5.74) is 1.53. The first-order chi connectivity index (χ1) is 14.8. The molecular weight excluding hydrogens is 403 g/mol. The van der Waals surface area contributed by atoms with Crippen molar-refractivity contribution in [1.82, 2.24) is 9.88 Å². The molecule has 158 valence electrons. The Kier molecular flexibility index (Phi) is 5.52. The SMILES string of the molecule is CNCC(=O)Nc1ccc(-n2cc(C(F)(F)F)cc2-c2ccc3ccccc3c2)cc1. The Morgan fingerprint density at radius 1 is 0.935 bits per heavy atom. The minimum Gasteiger partial charge on any atom is -0.325 e. The fourth-order valence-corrected chi connectivity index (χ4v) is 3.47. The molecular formula is C24H20F3N3O. The van der Waals surface area contributed by atoms with Crippen molar-refractivity contribution >= 4 is 22.4 Å². The molecule has 0 unspecified atom stereocenters. The van der Waals surface area contributed by atoms with Gasteiger partial charge in [0.15, 0.2) is 0 Å². The lowest BCUT2D eigenvalue weighted by Crippen LogP contribution is -2.24. The lowest BCUT2D eigenvalue weighted by Gasteiger charge is -2.12. The van der Waals surface area contributed by atoms with E-state index in [4.69, 9.17) is 0 Å². The summed E-state index contributed by atoms with van der Waals surface area (Å²) in [6, 6.07) is 21.2. The first kappa shape index (κ1) is 20.7. The first-order valence-electron chi connectivity index (χ1n) is 9.69. The topological polar surface area (TPSA) is 46.1 Å². The molecule has 0 saturated heterocycles. The average molecular weight is 423 g/mol. The third kappa shape index (κ3) is 4.46. The van der Waals surface area contributed by atoms with Crippen LogP contribution in [0, 0.1) is 0 Å². The Morgan fingerprint density at radius 3 is 2.32 bits per heavy atom. The van der Waals surface area contributed by atoms with Gasteiger partial charge in [-0.3, -0.25) is 4.79 Å². The van der Waals surface area contributed by atoms with Gasteiger partial charge in [0.2, 0.25) is 5.91 Å². The number of carbonyl (C=O) groups excluding carboxylic acids is 1. The van der Waals surface area contributed by atoms with Gasteiger partial charge in [0.1, 0.15) is 0 Å². The van der Waals surface area contributed by atoms with E-state index in [0.717, 1.165) is 23.0 Å². The standard InChI is InChI=1S/C24H20F3N3O/c1-28-14-23(31)29-20-8-10-21(11-9-20)30-15-19(24(25,26)27)13-22(30)18-7-6-16-4-2-3-5-17(16)12-18/h2-13,15,28H,14H2,1H3,(H,29,31). The summed E-state index contributed by atoms with van der Waals surface area (Å²) in [4.78, 5) is 11.7. The van der Waals surface area contributed by atoms with Crippen molar-refractivity contribution in [2.75, 3.05) is 18.9 Å². The van der Waals surface area contributed by atoms with Crippen LogP contribution in [0.5, 0.6) is 0 Å². The van der Waals surface area contributed by atoms with E-state index < -0.39 is 11.7 Å². The summed E-state index contributed by atoms with van der Waals surface area (Å²) >= 11 is 0. The first-order valence-corrected chi connectivity index (χ1v) is 9.69. The van der Waals surface area contributed by atoms with Crippen LogP contribution < -0.4 is 10.6 Å². The zero-order valence-corrected chi connectivity index (χ0v) is 16.7. The summed E-state index contributed by atoms with van der Waals surface area (Å²) < 4.78 is 42.0. The molecule has 0 aliphatic heterocycles. The number of hydrogen-bond acceptors (Lipinski definition) is 2. The van der Waals surface area contributed by atoms with Crippen LogP contribution >= 0.6 is 0 Å². The van der Waals surface area contributed by atoms with Gasteiger partial charge >= 0.3 is 6.18 Å². The average Bonchev–Trinajstić information content (AvgIpc) is 3.20. The Labute approximate surface area is 177 Å². The van der Waals surface area contributed by atoms with Crippen molar-refractivity contribution in [1.29, 1.82) is 0 Å². The molecule has 4 rings (SSSR count). The zero-order valence-electron chi connectivity index (χ0n) is 16.7. The van der Waals surface area contributed by atoms with Crippen molar-refractivity contribution in [2.45, 2.75) is 6.18 Å². The number of rotatable bonds is 5. The summed E-state index contributed by atoms with van der Waals surface area (Å²) in [6.07, 6.45) is -3.36. The largest absolute Gasteiger partial charge is 0.417 e. The molecule has 0 radical (unpaired) electrons. The molecule has 31 heavy (non-hydrogen) atoms. The van der Waals surface area contributed by atoms with Gasteiger partial charge in [0.25, 0.3) is 0 Å². The fraction of sp³-hybridized carbons (Fsp3) is 0.125. The number of carbonyl (C=O) groups is 1. The highest BCUT2D eigenvalue weighted by Crippen LogP contribution is 2.36. The number of alkyl halides is 3. The zero-order chi connectivity index (χ0) is 22.0. The molecule has 1 aromatic heterocycles. The molecule has 0 saturated carbocycles. The molecule has 4 aromatic rings. The maximum atomic E-state index is 13.5. The molecule has 3 aromatic carbocycles. The van der Waals surface area contributed by atoms with Crippen molar-refractivity contribution in [2.24, 2.45) is 0 Å². The van der Waals surface area contributed by atoms with Crippen LogP contribution in [0.2, 0.25) is 0 Å². The van der Waals surface area contributed by atoms with Crippen LogP contribution in [-0.4, -0.2) is 24.1 Å². The molecule has 0 spiro atoms. The number of fused-ring (bicyclic) bond motifs is 1. The Morgan fingerprint density at radius 2 is 1.65 bits per heavy atom. The molecule has 1 amide bonds. The molecule has 7 heteroatoms. The van der Waals surface area contributed by atoms with Gasteiger partial charge in [-0.2, -0.15) is 13.2 Å². The number of aromatic nitrogens is 1. The summed E-state index contributed by atoms with van der Waals surface area (Å²) in [6.45, 7) is 0.167. The van der Waals surface area contributed by atoms with Crippen molar-refractivity contribution in [3.8, 4) is 16.9 Å². The highest BCUT2D eigenvalue weighted by atomic mass is 19.4. The maximum Gasteiger partial charge on any atom is 0.417 e. The second-order valence-electron chi connectivity index (χ2n) is 7.17. The predicted molar refractivity (Wildman–Crippen MR) is 116 cm³/mol. The van der Waals surface area contributed by atoms with E-state index in [2.05, 4.69) is 10.6 Å². The number of benzene rings is 3. The normalized spacial score (nSPS) is 11.6. The number of anilines is 1. The quantitative estimate of drug-likeness (QED) is 0.447. The van der Waals surface area contributed by atoms with Crippen molar-refractivity contribution in [3.63, 3.8) is 0 Å². The number of nitrogens with one attached hydrogen (secondary N) is 2. The van der Waals surface area contributed by atoms with Crippen LogP contribution in [0.4, 0.5) is 18.9 Å². The van der Waals surface area contributed by atoms with Crippen LogP contribution in [-0.2, 0) is 11.0 Å². The highest BCUT2D eigenvalue weighted by molar-refractivity contribution is 5.92. The summed E-state index contributed by atoms with van der Waals surface area (Å²) in [5.74, 6) is -0.201. The molecule has 0 aliphatic carbocycles. The van der Waals surface area contributed by atoms with E-state index in [0.29, 0.717) is 22.6 Å². The Bertz CT molecular complexity index is 1230. The molecule has 4 nitrogen and oxygen atoms in total. The van der Waals surface area contributed by atoms with E-state index >= 15 is 0 Å². The number of halogens is 3. The fourth-order valence-electron chi connectivity index (χ4n) is 3.47. The second kappa shape index (κ2) is 8.28. The van der Waals surface area contributed by atoms with E-state index in [1.54, 1.807) is 31.3 Å². The monoisotopic (exact) mass is 423 g/mol. The van der Waals surface area contributed by atoms with Crippen molar-refractivity contribution < 1.29 is 18.0 Å². The van der Waals surface area contributed by atoms with Gasteiger partial charge in [-0.05, 0) is 59.8 Å². The van der Waals surface area contributed by atoms with Crippen molar-refractivity contribution in [3.05, 3.63) is 84.6 Å². The molecule has 0 bridgehead atoms. The summed E-state index contributed by atoms with van der Waals surface area (Å²) in [7, 11) is 1.67. The Hall–Kier alpha value is -3.58. The highest BCUT2D eigenvalue weighted by Gasteiger charge is 2.33. The predicted octanol–water partition coefficient (Wildman–Crippen LogP) is 5.47. The maximum absolute atomic E-state index is 13.5. The number of amides is 1. The van der Waals surface area contributed by atoms with Gasteiger partial charge in [-0.1, -0.05) is 36.4 Å². The van der Waals surface area contributed by atoms with E-state index in [1.165, 1.54) is 4.57 Å². The van der Waals surface area contributed by atoms with Gasteiger partial charge in [0.05, 0.1) is 17.8 Å². The van der Waals surface area contributed by atoms with E-state index in [1.807, 2.05) is 42.5 Å². The molecule has 0 fully saturated rings. The van der Waals surface area contributed by atoms with Gasteiger partial charge in [-0.15, -0.1) is 0 Å². The van der Waals surface area contributed by atoms with Crippen LogP contribution in [0.3, 0.4) is 0 Å². The molecule has 1 heterocycles. The molecule has 2 N–H and O–H groups in total. The number of hydrogen-bond donors (Lipinski definition) is 2. The second-order valence-corrected chi connectivity index (χ2v) is 7.17. The van der Waals surface area contributed by atoms with Gasteiger partial charge < -0.3 is 15.2 Å². The van der Waals surface area contributed by atoms with E-state index in [9.17, 15) is 18.0 Å². The van der Waals surface area contributed by atoms with E-state index in [-0.39, 0.29) is 12.5 Å². The number of likely N-dealkylation sites (N-methyl/N-ethyl adjacent to an activating group) is 1. The summed E-state index contributed by atoms with van der Waals surface area (Å²) in [5, 5.41) is 7.45. The smallest absolute Gasteiger partial charge is 0.325 e. The third-order valence-corrected chi connectivity index (χ3v) is 4.96. The lowest BCUT2D eigenvalue weighted by molar-refractivity contribution is -0.137. The van der Waals surface area contributed by atoms with Gasteiger partial charge in [-0.25, -0.2) is 0 Å².